The van der Waals surface area contributed by atoms with Crippen molar-refractivity contribution in [2.24, 2.45) is 0 Å². The van der Waals surface area contributed by atoms with Gasteiger partial charge >= 0.3 is 0 Å². The van der Waals surface area contributed by atoms with Gasteiger partial charge < -0.3 is 4.90 Å². The third-order valence-electron chi connectivity index (χ3n) is 2.59. The lowest BCUT2D eigenvalue weighted by Crippen LogP contribution is -2.36. The van der Waals surface area contributed by atoms with E-state index in [4.69, 9.17) is 5.26 Å². The lowest BCUT2D eigenvalue weighted by atomic mass is 10.2. The Morgan fingerprint density at radius 2 is 1.75 bits per heavy atom. The highest BCUT2D eigenvalue weighted by atomic mass is 32.2. The molecule has 16 heavy (non-hydrogen) atoms. The summed E-state index contributed by atoms with van der Waals surface area (Å²) in [6, 6.07) is 1.57. The summed E-state index contributed by atoms with van der Waals surface area (Å²) >= 11 is 0. The van der Waals surface area contributed by atoms with Gasteiger partial charge in [-0.15, -0.1) is 0 Å². The molecule has 0 atom stereocenters. The van der Waals surface area contributed by atoms with Gasteiger partial charge in [0.05, 0.1) is 6.07 Å². The summed E-state index contributed by atoms with van der Waals surface area (Å²) in [7, 11) is -3.54. The predicted molar refractivity (Wildman–Crippen MR) is 59.3 cm³/mol. The van der Waals surface area contributed by atoms with Crippen LogP contribution in [0.2, 0.25) is 0 Å². The van der Waals surface area contributed by atoms with E-state index in [0.29, 0.717) is 13.1 Å². The second-order valence-electron chi connectivity index (χ2n) is 3.99. The Morgan fingerprint density at radius 3 is 2.25 bits per heavy atom. The van der Waals surface area contributed by atoms with Crippen molar-refractivity contribution in [1.82, 2.24) is 4.90 Å². The molecule has 0 radical (unpaired) electrons. The van der Waals surface area contributed by atoms with Gasteiger partial charge in [0.25, 0.3) is 0 Å². The monoisotopic (exact) mass is 244 g/mol. The maximum Gasteiger partial charge on any atom is 0.237 e. The maximum atomic E-state index is 11.7. The molecule has 6 heteroatoms. The first-order chi connectivity index (χ1) is 7.55. The van der Waals surface area contributed by atoms with Crippen molar-refractivity contribution in [1.29, 1.82) is 5.26 Å². The fraction of sp³-hybridized carbons (Fsp3) is 0.800. The number of hydrogen-bond acceptors (Lipinski definition) is 4. The van der Waals surface area contributed by atoms with Crippen LogP contribution in [0.5, 0.6) is 0 Å². The van der Waals surface area contributed by atoms with Gasteiger partial charge in [0.15, 0.2) is 9.84 Å². The molecule has 0 spiro atoms. The van der Waals surface area contributed by atoms with E-state index in [1.54, 1.807) is 11.0 Å². The van der Waals surface area contributed by atoms with Crippen LogP contribution in [0, 0.1) is 11.3 Å². The number of rotatable bonds is 3. The zero-order chi connectivity index (χ0) is 12.0. The molecule has 0 aromatic rings. The largest absolute Gasteiger partial charge is 0.342 e. The minimum atomic E-state index is -3.54. The molecule has 1 amide bonds. The van der Waals surface area contributed by atoms with Gasteiger partial charge in [0.1, 0.15) is 11.5 Å². The van der Waals surface area contributed by atoms with E-state index < -0.39 is 21.3 Å². The fourth-order valence-electron chi connectivity index (χ4n) is 1.75. The lowest BCUT2D eigenvalue weighted by Gasteiger charge is -2.19. The van der Waals surface area contributed by atoms with Crippen molar-refractivity contribution in [2.45, 2.75) is 25.7 Å². The van der Waals surface area contributed by atoms with E-state index in [9.17, 15) is 13.2 Å². The van der Waals surface area contributed by atoms with Crippen LogP contribution < -0.4 is 0 Å². The lowest BCUT2D eigenvalue weighted by molar-refractivity contribution is -0.128. The van der Waals surface area contributed by atoms with Crippen molar-refractivity contribution >= 4 is 15.7 Å². The van der Waals surface area contributed by atoms with E-state index in [0.717, 1.165) is 25.7 Å². The van der Waals surface area contributed by atoms with E-state index in [2.05, 4.69) is 0 Å². The molecular formula is C10H16N2O3S. The quantitative estimate of drug-likeness (QED) is 0.716. The number of hydrogen-bond donors (Lipinski definition) is 0. The van der Waals surface area contributed by atoms with Crippen molar-refractivity contribution < 1.29 is 13.2 Å². The van der Waals surface area contributed by atoms with Gasteiger partial charge in [-0.3, -0.25) is 4.79 Å². The highest BCUT2D eigenvalue weighted by molar-refractivity contribution is 7.92. The summed E-state index contributed by atoms with van der Waals surface area (Å²) in [6.07, 6.45) is 4.05. The summed E-state index contributed by atoms with van der Waals surface area (Å²) < 4.78 is 22.6. The first kappa shape index (κ1) is 13.0. The number of likely N-dealkylation sites (tertiary alicyclic amines) is 1. The predicted octanol–water partition coefficient (Wildman–Crippen LogP) is 0.327. The summed E-state index contributed by atoms with van der Waals surface area (Å²) in [6.45, 7) is 1.28. The average Bonchev–Trinajstić information content (AvgIpc) is 2.44. The van der Waals surface area contributed by atoms with Crippen molar-refractivity contribution in [2.75, 3.05) is 24.6 Å². The molecule has 0 aromatic heterocycles. The zero-order valence-corrected chi connectivity index (χ0v) is 10.0. The molecule has 0 saturated carbocycles. The molecule has 0 unspecified atom stereocenters. The number of carbonyl (C=O) groups is 1. The van der Waals surface area contributed by atoms with E-state index in [1.165, 1.54) is 0 Å². The second-order valence-corrected chi connectivity index (χ2v) is 6.05. The highest BCUT2D eigenvalue weighted by Gasteiger charge is 2.22. The molecule has 1 aliphatic rings. The van der Waals surface area contributed by atoms with Gasteiger partial charge in [-0.05, 0) is 12.8 Å². The number of nitriles is 1. The molecule has 1 aliphatic heterocycles. The minimum absolute atomic E-state index is 0.364. The van der Waals surface area contributed by atoms with Crippen LogP contribution in [0.25, 0.3) is 0 Å². The Kier molecular flexibility index (Phi) is 4.74. The second kappa shape index (κ2) is 5.85. The number of nitrogens with zero attached hydrogens (tertiary/aromatic N) is 2. The molecule has 0 N–H and O–H groups in total. The smallest absolute Gasteiger partial charge is 0.237 e. The van der Waals surface area contributed by atoms with Crippen molar-refractivity contribution in [3.8, 4) is 6.07 Å². The minimum Gasteiger partial charge on any atom is -0.342 e. The van der Waals surface area contributed by atoms with Gasteiger partial charge in [0.2, 0.25) is 5.91 Å². The third kappa shape index (κ3) is 4.19. The molecule has 0 aliphatic carbocycles. The van der Waals surface area contributed by atoms with Crippen LogP contribution in [0.4, 0.5) is 0 Å². The Hall–Kier alpha value is -1.09. The van der Waals surface area contributed by atoms with Crippen molar-refractivity contribution in [3.05, 3.63) is 0 Å². The maximum absolute atomic E-state index is 11.7. The van der Waals surface area contributed by atoms with Gasteiger partial charge in [-0.1, -0.05) is 12.8 Å². The number of sulfone groups is 1. The Balaban J connectivity index is 2.54. The molecule has 1 heterocycles. The standard InChI is InChI=1S/C10H16N2O3S/c11-5-8-16(14,15)9-10(13)12-6-3-1-2-4-7-12/h1-4,6-9H2. The SMILES string of the molecule is N#CCS(=O)(=O)CC(=O)N1CCCCCC1. The summed E-state index contributed by atoms with van der Waals surface area (Å²) in [5, 5.41) is 8.32. The van der Waals surface area contributed by atoms with Gasteiger partial charge in [0, 0.05) is 13.1 Å². The topological polar surface area (TPSA) is 78.2 Å². The molecule has 1 saturated heterocycles. The molecule has 90 valence electrons. The van der Waals surface area contributed by atoms with E-state index in [-0.39, 0.29) is 5.91 Å². The third-order valence-corrected chi connectivity index (χ3v) is 3.84. The Labute approximate surface area is 96.0 Å². The number of carbonyl (C=O) groups excluding carboxylic acids is 1. The summed E-state index contributed by atoms with van der Waals surface area (Å²) in [5.41, 5.74) is 0. The molecule has 1 rings (SSSR count). The van der Waals surface area contributed by atoms with E-state index in [1.807, 2.05) is 0 Å². The molecule has 5 nitrogen and oxygen atoms in total. The van der Waals surface area contributed by atoms with Gasteiger partial charge in [-0.2, -0.15) is 5.26 Å². The average molecular weight is 244 g/mol. The fourth-order valence-corrected chi connectivity index (χ4v) is 2.61. The highest BCUT2D eigenvalue weighted by Crippen LogP contribution is 2.10. The van der Waals surface area contributed by atoms with Crippen molar-refractivity contribution in [3.63, 3.8) is 0 Å². The van der Waals surface area contributed by atoms with Crippen LogP contribution in [0.3, 0.4) is 0 Å². The molecular weight excluding hydrogens is 228 g/mol. The molecule has 1 fully saturated rings. The van der Waals surface area contributed by atoms with Gasteiger partial charge in [-0.25, -0.2) is 8.42 Å². The normalized spacial score (nSPS) is 17.6. The summed E-state index contributed by atoms with van der Waals surface area (Å²) in [5.74, 6) is -1.47. The molecule has 0 aromatic carbocycles. The van der Waals surface area contributed by atoms with Crippen LogP contribution in [-0.2, 0) is 14.6 Å². The first-order valence-corrected chi connectivity index (χ1v) is 7.22. The van der Waals surface area contributed by atoms with Crippen LogP contribution in [-0.4, -0.2) is 43.8 Å². The summed E-state index contributed by atoms with van der Waals surface area (Å²) in [4.78, 5) is 13.3. The first-order valence-electron chi connectivity index (χ1n) is 5.40. The zero-order valence-electron chi connectivity index (χ0n) is 9.18. The Bertz CT molecular complexity index is 375. The Morgan fingerprint density at radius 1 is 1.19 bits per heavy atom. The van der Waals surface area contributed by atoms with Crippen LogP contribution >= 0.6 is 0 Å². The molecule has 0 bridgehead atoms. The van der Waals surface area contributed by atoms with Crippen LogP contribution in [0.1, 0.15) is 25.7 Å². The number of amides is 1. The van der Waals surface area contributed by atoms with E-state index >= 15 is 0 Å². The van der Waals surface area contributed by atoms with Crippen LogP contribution in [0.15, 0.2) is 0 Å².